The molecule has 18 heavy (non-hydrogen) atoms. The van der Waals surface area contributed by atoms with Crippen LogP contribution in [0.1, 0.15) is 11.1 Å². The van der Waals surface area contributed by atoms with Gasteiger partial charge in [-0.3, -0.25) is 0 Å². The molecule has 0 saturated carbocycles. The zero-order chi connectivity index (χ0) is 13.0. The van der Waals surface area contributed by atoms with E-state index in [0.717, 1.165) is 29.9 Å². The Hall–Kier alpha value is -2.16. The molecule has 0 bridgehead atoms. The fourth-order valence-corrected chi connectivity index (χ4v) is 1.93. The van der Waals surface area contributed by atoms with Crippen molar-refractivity contribution in [1.29, 1.82) is 0 Å². The monoisotopic (exact) mass is 242 g/mol. The predicted molar refractivity (Wildman–Crippen MR) is 75.9 cm³/mol. The van der Waals surface area contributed by atoms with Gasteiger partial charge in [0.25, 0.3) is 0 Å². The number of hydrogen-bond donors (Lipinski definition) is 3. The van der Waals surface area contributed by atoms with E-state index in [4.69, 9.17) is 5.73 Å². The van der Waals surface area contributed by atoms with Crippen molar-refractivity contribution in [3.8, 4) is 5.75 Å². The summed E-state index contributed by atoms with van der Waals surface area (Å²) in [6.45, 7) is 2.86. The molecule has 4 N–H and O–H groups in total. The largest absolute Gasteiger partial charge is 0.508 e. The second kappa shape index (κ2) is 5.45. The van der Waals surface area contributed by atoms with E-state index in [9.17, 15) is 5.11 Å². The van der Waals surface area contributed by atoms with Gasteiger partial charge in [-0.25, -0.2) is 0 Å². The second-order valence-electron chi connectivity index (χ2n) is 4.38. The average molecular weight is 242 g/mol. The summed E-state index contributed by atoms with van der Waals surface area (Å²) >= 11 is 0. The maximum absolute atomic E-state index is 9.20. The smallest absolute Gasteiger partial charge is 0.115 e. The fraction of sp³-hybridized carbons (Fsp3) is 0.200. The van der Waals surface area contributed by atoms with Gasteiger partial charge in [-0.05, 0) is 42.7 Å². The summed E-state index contributed by atoms with van der Waals surface area (Å²) in [5, 5.41) is 12.6. The lowest BCUT2D eigenvalue weighted by Gasteiger charge is -2.12. The third kappa shape index (κ3) is 2.94. The van der Waals surface area contributed by atoms with Crippen molar-refractivity contribution in [2.75, 3.05) is 17.6 Å². The summed E-state index contributed by atoms with van der Waals surface area (Å²) in [4.78, 5) is 0. The molecule has 0 fully saturated rings. The lowest BCUT2D eigenvalue weighted by molar-refractivity contribution is 0.475. The number of aryl methyl sites for hydroxylation is 1. The lowest BCUT2D eigenvalue weighted by Crippen LogP contribution is -2.08. The summed E-state index contributed by atoms with van der Waals surface area (Å²) in [7, 11) is 0. The van der Waals surface area contributed by atoms with Gasteiger partial charge in [0.05, 0.1) is 11.4 Å². The van der Waals surface area contributed by atoms with E-state index in [0.29, 0.717) is 5.75 Å². The fourth-order valence-electron chi connectivity index (χ4n) is 1.93. The van der Waals surface area contributed by atoms with Crippen LogP contribution in [0.25, 0.3) is 0 Å². The molecule has 0 spiro atoms. The van der Waals surface area contributed by atoms with Crippen molar-refractivity contribution in [3.05, 3.63) is 53.6 Å². The molecule has 2 aromatic rings. The zero-order valence-corrected chi connectivity index (χ0v) is 10.5. The van der Waals surface area contributed by atoms with Crippen LogP contribution in [0, 0.1) is 6.92 Å². The number of para-hydroxylation sites is 1. The van der Waals surface area contributed by atoms with Crippen molar-refractivity contribution >= 4 is 11.4 Å². The Bertz CT molecular complexity index is 500. The minimum absolute atomic E-state index is 0.301. The van der Waals surface area contributed by atoms with E-state index < -0.39 is 0 Å². The zero-order valence-electron chi connectivity index (χ0n) is 10.5. The van der Waals surface area contributed by atoms with E-state index in [-0.39, 0.29) is 0 Å². The van der Waals surface area contributed by atoms with Gasteiger partial charge in [0.1, 0.15) is 5.75 Å². The summed E-state index contributed by atoms with van der Waals surface area (Å²) < 4.78 is 0. The number of nitrogens with one attached hydrogen (secondary N) is 1. The molecule has 0 atom stereocenters. The van der Waals surface area contributed by atoms with Crippen LogP contribution in [0.5, 0.6) is 5.75 Å². The van der Waals surface area contributed by atoms with Gasteiger partial charge in [0.15, 0.2) is 0 Å². The topological polar surface area (TPSA) is 58.3 Å². The standard InChI is InChI=1S/C15H18N2O/c1-11-3-2-4-14(16)15(11)17-10-9-12-5-7-13(18)8-6-12/h2-8,17-18H,9-10,16H2,1H3. The summed E-state index contributed by atoms with van der Waals surface area (Å²) in [5.41, 5.74) is 10.1. The minimum atomic E-state index is 0.301. The van der Waals surface area contributed by atoms with Crippen molar-refractivity contribution in [2.45, 2.75) is 13.3 Å². The first-order chi connectivity index (χ1) is 8.66. The van der Waals surface area contributed by atoms with Crippen LogP contribution in [0.3, 0.4) is 0 Å². The molecule has 3 heteroatoms. The minimum Gasteiger partial charge on any atom is -0.508 e. The van der Waals surface area contributed by atoms with Crippen LogP contribution in [0.15, 0.2) is 42.5 Å². The molecule has 0 radical (unpaired) electrons. The first kappa shape index (κ1) is 12.3. The van der Waals surface area contributed by atoms with Gasteiger partial charge >= 0.3 is 0 Å². The van der Waals surface area contributed by atoms with Gasteiger partial charge in [0.2, 0.25) is 0 Å². The number of nitrogens with two attached hydrogens (primary N) is 1. The van der Waals surface area contributed by atoms with Gasteiger partial charge < -0.3 is 16.2 Å². The van der Waals surface area contributed by atoms with E-state index in [1.807, 2.05) is 37.3 Å². The Labute approximate surface area is 107 Å². The molecule has 2 rings (SSSR count). The number of anilines is 2. The average Bonchev–Trinajstić information content (AvgIpc) is 2.35. The molecule has 0 aliphatic carbocycles. The highest BCUT2D eigenvalue weighted by Gasteiger charge is 2.01. The molecule has 94 valence electrons. The lowest BCUT2D eigenvalue weighted by atomic mass is 10.1. The van der Waals surface area contributed by atoms with E-state index >= 15 is 0 Å². The first-order valence-corrected chi connectivity index (χ1v) is 6.03. The molecule has 0 amide bonds. The van der Waals surface area contributed by atoms with E-state index in [1.54, 1.807) is 12.1 Å². The molecule has 0 heterocycles. The van der Waals surface area contributed by atoms with Crippen LogP contribution >= 0.6 is 0 Å². The predicted octanol–water partition coefficient (Wildman–Crippen LogP) is 2.94. The normalized spacial score (nSPS) is 10.3. The van der Waals surface area contributed by atoms with E-state index in [1.165, 1.54) is 5.56 Å². The quantitative estimate of drug-likeness (QED) is 0.722. The Morgan fingerprint density at radius 3 is 2.50 bits per heavy atom. The van der Waals surface area contributed by atoms with Crippen LogP contribution in [-0.4, -0.2) is 11.7 Å². The molecular weight excluding hydrogens is 224 g/mol. The van der Waals surface area contributed by atoms with Gasteiger partial charge in [0, 0.05) is 6.54 Å². The molecule has 0 saturated heterocycles. The van der Waals surface area contributed by atoms with Crippen LogP contribution in [-0.2, 0) is 6.42 Å². The number of nitrogen functional groups attached to an aromatic ring is 1. The summed E-state index contributed by atoms with van der Waals surface area (Å²) in [5.74, 6) is 0.301. The van der Waals surface area contributed by atoms with Gasteiger partial charge in [-0.1, -0.05) is 24.3 Å². The van der Waals surface area contributed by atoms with Crippen molar-refractivity contribution < 1.29 is 5.11 Å². The Morgan fingerprint density at radius 1 is 1.11 bits per heavy atom. The van der Waals surface area contributed by atoms with Crippen molar-refractivity contribution in [3.63, 3.8) is 0 Å². The van der Waals surface area contributed by atoms with Crippen molar-refractivity contribution in [2.24, 2.45) is 0 Å². The highest BCUT2D eigenvalue weighted by Crippen LogP contribution is 2.22. The van der Waals surface area contributed by atoms with E-state index in [2.05, 4.69) is 5.32 Å². The summed E-state index contributed by atoms with van der Waals surface area (Å²) in [6, 6.07) is 13.2. The molecule has 0 unspecified atom stereocenters. The number of benzene rings is 2. The van der Waals surface area contributed by atoms with Crippen molar-refractivity contribution in [1.82, 2.24) is 0 Å². The number of aromatic hydroxyl groups is 1. The molecule has 3 nitrogen and oxygen atoms in total. The number of phenolic OH excluding ortho intramolecular Hbond substituents is 1. The Kier molecular flexibility index (Phi) is 3.72. The molecule has 0 aliphatic heterocycles. The highest BCUT2D eigenvalue weighted by atomic mass is 16.3. The molecule has 0 aromatic heterocycles. The molecule has 2 aromatic carbocycles. The van der Waals surface area contributed by atoms with Gasteiger partial charge in [-0.2, -0.15) is 0 Å². The molecule has 0 aliphatic rings. The maximum atomic E-state index is 9.20. The first-order valence-electron chi connectivity index (χ1n) is 6.03. The second-order valence-corrected chi connectivity index (χ2v) is 4.38. The number of rotatable bonds is 4. The maximum Gasteiger partial charge on any atom is 0.115 e. The summed E-state index contributed by atoms with van der Waals surface area (Å²) in [6.07, 6.45) is 0.897. The molecular formula is C15H18N2O. The Morgan fingerprint density at radius 2 is 1.83 bits per heavy atom. The van der Waals surface area contributed by atoms with Crippen LogP contribution < -0.4 is 11.1 Å². The highest BCUT2D eigenvalue weighted by molar-refractivity contribution is 5.69. The van der Waals surface area contributed by atoms with Gasteiger partial charge in [-0.15, -0.1) is 0 Å². The van der Waals surface area contributed by atoms with Crippen LogP contribution in [0.4, 0.5) is 11.4 Å². The number of phenols is 1. The van der Waals surface area contributed by atoms with Crippen LogP contribution in [0.2, 0.25) is 0 Å². The third-order valence-corrected chi connectivity index (χ3v) is 2.96. The third-order valence-electron chi connectivity index (χ3n) is 2.96. The SMILES string of the molecule is Cc1cccc(N)c1NCCc1ccc(O)cc1. The Balaban J connectivity index is 1.94. The number of hydrogen-bond acceptors (Lipinski definition) is 3.